The minimum atomic E-state index is 0.00375. The molecular weight excluding hydrogens is 344 g/mol. The van der Waals surface area contributed by atoms with Crippen LogP contribution in [0.15, 0.2) is 59.1 Å². The molecule has 1 amide bonds. The Morgan fingerprint density at radius 2 is 1.81 bits per heavy atom. The van der Waals surface area contributed by atoms with Gasteiger partial charge < -0.3 is 19.1 Å². The summed E-state index contributed by atoms with van der Waals surface area (Å²) in [7, 11) is 1.59. The summed E-state index contributed by atoms with van der Waals surface area (Å²) in [6.07, 6.45) is 0. The van der Waals surface area contributed by atoms with E-state index >= 15 is 0 Å². The molecule has 2 aromatic carbocycles. The van der Waals surface area contributed by atoms with E-state index in [1.165, 1.54) is 0 Å². The Bertz CT molecular complexity index is 918. The number of aromatic nitrogens is 2. The van der Waals surface area contributed by atoms with Crippen molar-refractivity contribution in [2.24, 2.45) is 0 Å². The fraction of sp³-hybridized carbons (Fsp3) is 0.250. The van der Waals surface area contributed by atoms with E-state index in [9.17, 15) is 4.79 Å². The van der Waals surface area contributed by atoms with Gasteiger partial charge in [0.25, 0.3) is 5.91 Å². The molecule has 138 valence electrons. The molecule has 3 aromatic rings. The number of anilines is 1. The lowest BCUT2D eigenvalue weighted by Crippen LogP contribution is -2.48. The molecule has 7 heteroatoms. The van der Waals surface area contributed by atoms with E-state index < -0.39 is 0 Å². The third kappa shape index (κ3) is 3.62. The maximum atomic E-state index is 12.7. The van der Waals surface area contributed by atoms with Crippen molar-refractivity contribution in [1.29, 1.82) is 0 Å². The van der Waals surface area contributed by atoms with Gasteiger partial charge in [-0.25, -0.2) is 0 Å². The summed E-state index contributed by atoms with van der Waals surface area (Å²) in [6.45, 7) is 2.48. The van der Waals surface area contributed by atoms with E-state index in [1.807, 2.05) is 52.3 Å². The Balaban J connectivity index is 1.40. The summed E-state index contributed by atoms with van der Waals surface area (Å²) >= 11 is 0. The van der Waals surface area contributed by atoms with Crippen molar-refractivity contribution in [3.05, 3.63) is 60.2 Å². The van der Waals surface area contributed by atoms with Gasteiger partial charge in [-0.05, 0) is 18.2 Å². The van der Waals surface area contributed by atoms with E-state index in [2.05, 4.69) is 10.1 Å². The molecule has 27 heavy (non-hydrogen) atoms. The number of benzene rings is 2. The summed E-state index contributed by atoms with van der Waals surface area (Å²) in [6, 6.07) is 17.4. The normalized spacial score (nSPS) is 14.3. The van der Waals surface area contributed by atoms with Crippen LogP contribution in [-0.2, 0) is 0 Å². The molecule has 0 N–H and O–H groups in total. The van der Waals surface area contributed by atoms with Gasteiger partial charge in [0.2, 0.25) is 5.82 Å². The average Bonchev–Trinajstić information content (AvgIpc) is 3.24. The van der Waals surface area contributed by atoms with Crippen LogP contribution < -0.4 is 9.64 Å². The lowest BCUT2D eigenvalue weighted by Gasteiger charge is -2.33. The Morgan fingerprint density at radius 3 is 2.56 bits per heavy atom. The molecule has 1 aliphatic heterocycles. The third-order valence-electron chi connectivity index (χ3n) is 4.60. The second-order valence-corrected chi connectivity index (χ2v) is 6.28. The van der Waals surface area contributed by atoms with Gasteiger partial charge in [-0.3, -0.25) is 4.79 Å². The summed E-state index contributed by atoms with van der Waals surface area (Å²) in [5, 5.41) is 4.06. The molecule has 2 heterocycles. The maximum absolute atomic E-state index is 12.7. The van der Waals surface area contributed by atoms with E-state index in [0.29, 0.717) is 49.3 Å². The SMILES string of the molecule is COc1cccc(C(=O)N2CCN(c3nc(-c4ccccc4)no3)CC2)c1. The van der Waals surface area contributed by atoms with E-state index in [1.54, 1.807) is 19.2 Å². The molecule has 0 spiro atoms. The number of methoxy groups -OCH3 is 1. The minimum absolute atomic E-state index is 0.00375. The molecule has 0 aliphatic carbocycles. The zero-order chi connectivity index (χ0) is 18.6. The highest BCUT2D eigenvalue weighted by atomic mass is 16.5. The lowest BCUT2D eigenvalue weighted by atomic mass is 10.1. The molecular formula is C20H20N4O3. The number of hydrogen-bond donors (Lipinski definition) is 0. The highest BCUT2D eigenvalue weighted by Crippen LogP contribution is 2.21. The molecule has 7 nitrogen and oxygen atoms in total. The highest BCUT2D eigenvalue weighted by Gasteiger charge is 2.25. The van der Waals surface area contributed by atoms with Crippen LogP contribution in [0.2, 0.25) is 0 Å². The van der Waals surface area contributed by atoms with Gasteiger partial charge in [0, 0.05) is 37.3 Å². The lowest BCUT2D eigenvalue weighted by molar-refractivity contribution is 0.0744. The number of carbonyl (C=O) groups is 1. The second kappa shape index (κ2) is 7.49. The molecule has 1 aromatic heterocycles. The van der Waals surface area contributed by atoms with Crippen LogP contribution in [0.5, 0.6) is 5.75 Å². The zero-order valence-electron chi connectivity index (χ0n) is 15.0. The first-order valence-corrected chi connectivity index (χ1v) is 8.82. The first-order chi connectivity index (χ1) is 13.2. The van der Waals surface area contributed by atoms with Crippen LogP contribution >= 0.6 is 0 Å². The molecule has 1 fully saturated rings. The number of carbonyl (C=O) groups excluding carboxylic acids is 1. The quantitative estimate of drug-likeness (QED) is 0.709. The number of amides is 1. The molecule has 1 aliphatic rings. The van der Waals surface area contributed by atoms with Crippen LogP contribution in [0.4, 0.5) is 6.01 Å². The molecule has 0 radical (unpaired) electrons. The van der Waals surface area contributed by atoms with Crippen LogP contribution in [-0.4, -0.2) is 54.2 Å². The topological polar surface area (TPSA) is 71.7 Å². The van der Waals surface area contributed by atoms with Gasteiger partial charge in [0.05, 0.1) is 7.11 Å². The number of hydrogen-bond acceptors (Lipinski definition) is 6. The van der Waals surface area contributed by atoms with Gasteiger partial charge in [-0.1, -0.05) is 41.6 Å². The van der Waals surface area contributed by atoms with Crippen molar-refractivity contribution in [3.63, 3.8) is 0 Å². The fourth-order valence-corrected chi connectivity index (χ4v) is 3.09. The number of piperazine rings is 1. The van der Waals surface area contributed by atoms with Crippen molar-refractivity contribution in [2.75, 3.05) is 38.2 Å². The number of rotatable bonds is 4. The van der Waals surface area contributed by atoms with Crippen molar-refractivity contribution in [3.8, 4) is 17.1 Å². The van der Waals surface area contributed by atoms with Crippen LogP contribution in [0.3, 0.4) is 0 Å². The number of nitrogens with zero attached hydrogens (tertiary/aromatic N) is 4. The predicted molar refractivity (Wildman–Crippen MR) is 101 cm³/mol. The van der Waals surface area contributed by atoms with Crippen molar-refractivity contribution in [1.82, 2.24) is 15.0 Å². The standard InChI is InChI=1S/C20H20N4O3/c1-26-17-9-5-8-16(14-17)19(25)23-10-12-24(13-11-23)20-21-18(22-27-20)15-6-3-2-4-7-15/h2-9,14H,10-13H2,1H3. The van der Waals surface area contributed by atoms with Gasteiger partial charge in [-0.2, -0.15) is 4.98 Å². The third-order valence-corrected chi connectivity index (χ3v) is 4.60. The van der Waals surface area contributed by atoms with Crippen molar-refractivity contribution in [2.45, 2.75) is 0 Å². The van der Waals surface area contributed by atoms with Gasteiger partial charge in [0.15, 0.2) is 0 Å². The average molecular weight is 364 g/mol. The number of ether oxygens (including phenoxy) is 1. The Hall–Kier alpha value is -3.35. The summed E-state index contributed by atoms with van der Waals surface area (Å²) in [5.41, 5.74) is 1.55. The Labute approximate surface area is 157 Å². The van der Waals surface area contributed by atoms with Crippen LogP contribution in [0.1, 0.15) is 10.4 Å². The maximum Gasteiger partial charge on any atom is 0.324 e. The molecule has 0 unspecified atom stereocenters. The van der Waals surface area contributed by atoms with E-state index in [4.69, 9.17) is 9.26 Å². The minimum Gasteiger partial charge on any atom is -0.497 e. The van der Waals surface area contributed by atoms with Gasteiger partial charge >= 0.3 is 6.01 Å². The molecule has 0 atom stereocenters. The molecule has 1 saturated heterocycles. The Morgan fingerprint density at radius 1 is 1.04 bits per heavy atom. The van der Waals surface area contributed by atoms with Gasteiger partial charge in [0.1, 0.15) is 5.75 Å². The second-order valence-electron chi connectivity index (χ2n) is 6.28. The van der Waals surface area contributed by atoms with Crippen molar-refractivity contribution >= 4 is 11.9 Å². The first-order valence-electron chi connectivity index (χ1n) is 8.82. The highest BCUT2D eigenvalue weighted by molar-refractivity contribution is 5.94. The Kier molecular flexibility index (Phi) is 4.74. The molecule has 4 rings (SSSR count). The monoisotopic (exact) mass is 364 g/mol. The van der Waals surface area contributed by atoms with Crippen LogP contribution in [0, 0.1) is 0 Å². The van der Waals surface area contributed by atoms with E-state index in [0.717, 1.165) is 5.56 Å². The summed E-state index contributed by atoms with van der Waals surface area (Å²) < 4.78 is 10.6. The van der Waals surface area contributed by atoms with Gasteiger partial charge in [-0.15, -0.1) is 0 Å². The predicted octanol–water partition coefficient (Wildman–Crippen LogP) is 2.71. The summed E-state index contributed by atoms with van der Waals surface area (Å²) in [5.74, 6) is 1.25. The zero-order valence-corrected chi connectivity index (χ0v) is 15.0. The molecule has 0 bridgehead atoms. The van der Waals surface area contributed by atoms with Crippen molar-refractivity contribution < 1.29 is 14.1 Å². The van der Waals surface area contributed by atoms with E-state index in [-0.39, 0.29) is 5.91 Å². The largest absolute Gasteiger partial charge is 0.497 e. The fourth-order valence-electron chi connectivity index (χ4n) is 3.09. The molecule has 0 saturated carbocycles. The smallest absolute Gasteiger partial charge is 0.324 e. The summed E-state index contributed by atoms with van der Waals surface area (Å²) in [4.78, 5) is 21.0. The first kappa shape index (κ1) is 17.1. The van der Waals surface area contributed by atoms with Crippen LogP contribution in [0.25, 0.3) is 11.4 Å².